The fraction of sp³-hybridized carbons (Fsp3) is 0.524. The van der Waals surface area contributed by atoms with Crippen molar-refractivity contribution in [2.45, 2.75) is 46.6 Å². The van der Waals surface area contributed by atoms with Crippen molar-refractivity contribution in [1.82, 2.24) is 15.6 Å². The van der Waals surface area contributed by atoms with Crippen molar-refractivity contribution in [2.75, 3.05) is 31.1 Å². The summed E-state index contributed by atoms with van der Waals surface area (Å²) in [5, 5.41) is 8.14. The van der Waals surface area contributed by atoms with Crippen molar-refractivity contribution in [2.24, 2.45) is 4.99 Å². The first-order valence-corrected chi connectivity index (χ1v) is 10.7. The van der Waals surface area contributed by atoms with Crippen LogP contribution in [-0.4, -0.2) is 43.2 Å². The fourth-order valence-corrected chi connectivity index (χ4v) is 4.38. The normalized spacial score (nSPS) is 16.8. The highest BCUT2D eigenvalue weighted by atomic mass is 127. The molecule has 0 amide bonds. The largest absolute Gasteiger partial charge is 0.369 e. The lowest BCUT2D eigenvalue weighted by atomic mass is 10.2. The fourth-order valence-electron chi connectivity index (χ4n) is 3.46. The minimum absolute atomic E-state index is 0. The predicted octanol–water partition coefficient (Wildman–Crippen LogP) is 4.06. The van der Waals surface area contributed by atoms with E-state index in [1.54, 1.807) is 11.3 Å². The van der Waals surface area contributed by atoms with Crippen LogP contribution in [0.4, 0.5) is 5.69 Å². The van der Waals surface area contributed by atoms with Gasteiger partial charge in [-0.1, -0.05) is 17.7 Å². The molecule has 1 aromatic heterocycles. The summed E-state index contributed by atoms with van der Waals surface area (Å²) < 4.78 is 0. The highest BCUT2D eigenvalue weighted by Crippen LogP contribution is 2.21. The first-order valence-electron chi connectivity index (χ1n) is 9.84. The van der Waals surface area contributed by atoms with Gasteiger partial charge in [0.25, 0.3) is 0 Å². The number of nitrogens with zero attached hydrogens (tertiary/aromatic N) is 3. The number of nitrogens with one attached hydrogen (secondary N) is 2. The van der Waals surface area contributed by atoms with Crippen molar-refractivity contribution in [3.05, 3.63) is 45.4 Å². The van der Waals surface area contributed by atoms with Gasteiger partial charge in [0.15, 0.2) is 5.96 Å². The average molecular weight is 513 g/mol. The van der Waals surface area contributed by atoms with Crippen molar-refractivity contribution in [3.8, 4) is 0 Å². The van der Waals surface area contributed by atoms with Gasteiger partial charge in [-0.3, -0.25) is 4.99 Å². The molecule has 1 saturated heterocycles. The predicted molar refractivity (Wildman–Crippen MR) is 132 cm³/mol. The Morgan fingerprint density at radius 3 is 2.64 bits per heavy atom. The van der Waals surface area contributed by atoms with Crippen LogP contribution in [-0.2, 0) is 6.42 Å². The highest BCUT2D eigenvalue weighted by molar-refractivity contribution is 14.0. The molecule has 7 heteroatoms. The number of aryl methyl sites for hydroxylation is 3. The standard InChI is InChI=1S/C21H31N5S.HI/c1-5-22-21(23-12-10-20-16(3)24-17(4)27-20)25-18-11-13-26(14-18)19-8-6-15(2)7-9-19;/h6-9,18H,5,10-14H2,1-4H3,(H2,22,23,25);1H. The van der Waals surface area contributed by atoms with Crippen LogP contribution in [0.5, 0.6) is 0 Å². The molecule has 0 radical (unpaired) electrons. The number of guanidine groups is 1. The van der Waals surface area contributed by atoms with Crippen LogP contribution in [0, 0.1) is 20.8 Å². The lowest BCUT2D eigenvalue weighted by Crippen LogP contribution is -2.44. The van der Waals surface area contributed by atoms with E-state index in [0.717, 1.165) is 55.7 Å². The third kappa shape index (κ3) is 6.34. The maximum Gasteiger partial charge on any atom is 0.191 e. The first kappa shape index (κ1) is 22.9. The monoisotopic (exact) mass is 513 g/mol. The topological polar surface area (TPSA) is 52.6 Å². The summed E-state index contributed by atoms with van der Waals surface area (Å²) in [4.78, 5) is 13.1. The molecule has 154 valence electrons. The third-order valence-electron chi connectivity index (χ3n) is 4.88. The average Bonchev–Trinajstić information content (AvgIpc) is 3.22. The quantitative estimate of drug-likeness (QED) is 0.348. The number of rotatable bonds is 6. The Kier molecular flexibility index (Phi) is 9.01. The van der Waals surface area contributed by atoms with Crippen LogP contribution in [0.25, 0.3) is 0 Å². The molecule has 1 atom stereocenters. The van der Waals surface area contributed by atoms with Gasteiger partial charge < -0.3 is 15.5 Å². The van der Waals surface area contributed by atoms with E-state index in [4.69, 9.17) is 4.99 Å². The molecule has 1 unspecified atom stereocenters. The van der Waals surface area contributed by atoms with Crippen LogP contribution in [0.2, 0.25) is 0 Å². The van der Waals surface area contributed by atoms with E-state index in [0.29, 0.717) is 6.04 Å². The smallest absolute Gasteiger partial charge is 0.191 e. The number of hydrogen-bond donors (Lipinski definition) is 2. The zero-order valence-corrected chi connectivity index (χ0v) is 20.4. The van der Waals surface area contributed by atoms with Crippen LogP contribution in [0.1, 0.15) is 34.5 Å². The minimum Gasteiger partial charge on any atom is -0.369 e. The molecule has 1 aromatic carbocycles. The molecule has 2 heterocycles. The Hall–Kier alpha value is -1.35. The van der Waals surface area contributed by atoms with Crippen LogP contribution in [0.15, 0.2) is 29.3 Å². The zero-order valence-electron chi connectivity index (χ0n) is 17.3. The molecule has 0 saturated carbocycles. The summed E-state index contributed by atoms with van der Waals surface area (Å²) in [6.45, 7) is 12.2. The lowest BCUT2D eigenvalue weighted by Gasteiger charge is -2.20. The molecule has 0 bridgehead atoms. The van der Waals surface area contributed by atoms with Crippen LogP contribution < -0.4 is 15.5 Å². The van der Waals surface area contributed by atoms with Crippen molar-refractivity contribution in [1.29, 1.82) is 0 Å². The molecule has 0 aliphatic carbocycles. The molecular weight excluding hydrogens is 481 g/mol. The summed E-state index contributed by atoms with van der Waals surface area (Å²) in [7, 11) is 0. The Balaban J connectivity index is 0.00000280. The van der Waals surface area contributed by atoms with Gasteiger partial charge in [-0.2, -0.15) is 0 Å². The van der Waals surface area contributed by atoms with Gasteiger partial charge in [0.05, 0.1) is 10.7 Å². The summed E-state index contributed by atoms with van der Waals surface area (Å²) in [6, 6.07) is 9.24. The Morgan fingerprint density at radius 1 is 1.25 bits per heavy atom. The van der Waals surface area contributed by atoms with Crippen molar-refractivity contribution in [3.63, 3.8) is 0 Å². The van der Waals surface area contributed by atoms with Crippen LogP contribution in [0.3, 0.4) is 0 Å². The van der Waals surface area contributed by atoms with Gasteiger partial charge in [-0.05, 0) is 46.2 Å². The molecule has 28 heavy (non-hydrogen) atoms. The minimum atomic E-state index is 0. The zero-order chi connectivity index (χ0) is 19.2. The highest BCUT2D eigenvalue weighted by Gasteiger charge is 2.23. The van der Waals surface area contributed by atoms with Gasteiger partial charge in [0.1, 0.15) is 0 Å². The van der Waals surface area contributed by atoms with E-state index in [1.807, 2.05) is 0 Å². The van der Waals surface area contributed by atoms with Gasteiger partial charge in [0.2, 0.25) is 0 Å². The molecule has 0 spiro atoms. The van der Waals surface area contributed by atoms with E-state index in [-0.39, 0.29) is 24.0 Å². The van der Waals surface area contributed by atoms with Gasteiger partial charge >= 0.3 is 0 Å². The van der Waals surface area contributed by atoms with E-state index in [1.165, 1.54) is 16.1 Å². The van der Waals surface area contributed by atoms with E-state index >= 15 is 0 Å². The summed E-state index contributed by atoms with van der Waals surface area (Å²) >= 11 is 1.78. The second-order valence-corrected chi connectivity index (χ2v) is 8.45. The van der Waals surface area contributed by atoms with E-state index in [9.17, 15) is 0 Å². The molecule has 1 aliphatic heterocycles. The number of benzene rings is 1. The maximum absolute atomic E-state index is 4.79. The summed E-state index contributed by atoms with van der Waals surface area (Å²) in [5.74, 6) is 0.923. The molecule has 1 aliphatic rings. The lowest BCUT2D eigenvalue weighted by molar-refractivity contribution is 0.649. The van der Waals surface area contributed by atoms with Crippen LogP contribution >= 0.6 is 35.3 Å². The van der Waals surface area contributed by atoms with Gasteiger partial charge in [0, 0.05) is 49.2 Å². The van der Waals surface area contributed by atoms with Gasteiger partial charge in [-0.25, -0.2) is 4.98 Å². The third-order valence-corrected chi connectivity index (χ3v) is 6.01. The van der Waals surface area contributed by atoms with Gasteiger partial charge in [-0.15, -0.1) is 35.3 Å². The number of aromatic nitrogens is 1. The number of anilines is 1. The van der Waals surface area contributed by atoms with Crippen molar-refractivity contribution < 1.29 is 0 Å². The van der Waals surface area contributed by atoms with E-state index < -0.39 is 0 Å². The SMILES string of the molecule is CCNC(=NCCc1sc(C)nc1C)NC1CCN(c2ccc(C)cc2)C1.I. The Bertz CT molecular complexity index is 772. The number of halogens is 1. The molecule has 2 aromatic rings. The number of aliphatic imine (C=N–C) groups is 1. The second-order valence-electron chi connectivity index (χ2n) is 7.16. The summed E-state index contributed by atoms with van der Waals surface area (Å²) in [6.07, 6.45) is 2.08. The number of thiazole rings is 1. The van der Waals surface area contributed by atoms with Crippen molar-refractivity contribution >= 4 is 47.0 Å². The molecule has 2 N–H and O–H groups in total. The molecular formula is C21H32IN5S. The Labute approximate surface area is 190 Å². The Morgan fingerprint density at radius 2 is 2.00 bits per heavy atom. The maximum atomic E-state index is 4.79. The van der Waals surface area contributed by atoms with E-state index in [2.05, 4.69) is 72.5 Å². The second kappa shape index (κ2) is 11.0. The molecule has 3 rings (SSSR count). The molecule has 1 fully saturated rings. The summed E-state index contributed by atoms with van der Waals surface area (Å²) in [5.41, 5.74) is 3.76. The number of hydrogen-bond acceptors (Lipinski definition) is 4. The first-order chi connectivity index (χ1) is 13.0. The molecule has 5 nitrogen and oxygen atoms in total.